The molecule has 0 aliphatic carbocycles. The molecule has 0 spiro atoms. The first-order valence-corrected chi connectivity index (χ1v) is 7.82. The summed E-state index contributed by atoms with van der Waals surface area (Å²) in [5, 5.41) is 8.65. The minimum atomic E-state index is -3.53. The molecular weight excluding hydrogens is 280 g/mol. The van der Waals surface area contributed by atoms with E-state index < -0.39 is 16.0 Å². The number of aliphatic carboxylic acids is 1. The maximum absolute atomic E-state index is 12.0. The van der Waals surface area contributed by atoms with Gasteiger partial charge in [0.1, 0.15) is 0 Å². The number of hydrogen-bond donors (Lipinski definition) is 2. The van der Waals surface area contributed by atoms with E-state index in [2.05, 4.69) is 4.72 Å². The molecule has 0 saturated heterocycles. The molecule has 0 saturated carbocycles. The van der Waals surface area contributed by atoms with Gasteiger partial charge < -0.3 is 10.0 Å². The maximum atomic E-state index is 12.0. The van der Waals surface area contributed by atoms with Crippen LogP contribution < -0.4 is 4.72 Å². The van der Waals surface area contributed by atoms with E-state index in [1.165, 1.54) is 24.3 Å². The number of likely N-dealkylation sites (N-methyl/N-ethyl adjacent to an activating group) is 1. The van der Waals surface area contributed by atoms with Gasteiger partial charge in [0.2, 0.25) is 10.0 Å². The van der Waals surface area contributed by atoms with Crippen molar-refractivity contribution in [3.8, 4) is 0 Å². The van der Waals surface area contributed by atoms with Crippen molar-refractivity contribution in [3.05, 3.63) is 29.8 Å². The van der Waals surface area contributed by atoms with Crippen molar-refractivity contribution >= 4 is 16.0 Å². The van der Waals surface area contributed by atoms with E-state index in [-0.39, 0.29) is 11.3 Å². The lowest BCUT2D eigenvalue weighted by Gasteiger charge is -2.14. The summed E-state index contributed by atoms with van der Waals surface area (Å²) in [6.45, 7) is 3.82. The van der Waals surface area contributed by atoms with Gasteiger partial charge in [-0.15, -0.1) is 0 Å². The molecule has 1 aromatic carbocycles. The zero-order chi connectivity index (χ0) is 15.2. The van der Waals surface area contributed by atoms with Crippen molar-refractivity contribution in [2.45, 2.75) is 18.2 Å². The normalized spacial score (nSPS) is 11.8. The Bertz CT molecular complexity index is 540. The Morgan fingerprint density at radius 2 is 1.90 bits per heavy atom. The molecule has 1 rings (SSSR count). The monoisotopic (exact) mass is 300 g/mol. The van der Waals surface area contributed by atoms with Crippen LogP contribution >= 0.6 is 0 Å². The fourth-order valence-corrected chi connectivity index (χ4v) is 2.59. The highest BCUT2D eigenvalue weighted by Crippen LogP contribution is 2.10. The van der Waals surface area contributed by atoms with Crippen molar-refractivity contribution in [1.29, 1.82) is 0 Å². The topological polar surface area (TPSA) is 86.7 Å². The van der Waals surface area contributed by atoms with Crippen molar-refractivity contribution in [2.75, 3.05) is 26.7 Å². The van der Waals surface area contributed by atoms with Gasteiger partial charge in [0.15, 0.2) is 0 Å². The second-order valence-corrected chi connectivity index (χ2v) is 6.28. The van der Waals surface area contributed by atoms with E-state index in [4.69, 9.17) is 5.11 Å². The van der Waals surface area contributed by atoms with Crippen molar-refractivity contribution in [1.82, 2.24) is 9.62 Å². The number of benzene rings is 1. The summed E-state index contributed by atoms with van der Waals surface area (Å²) in [4.78, 5) is 12.7. The number of carboxylic acids is 1. The molecule has 20 heavy (non-hydrogen) atoms. The van der Waals surface area contributed by atoms with Crippen LogP contribution in [0, 0.1) is 0 Å². The van der Waals surface area contributed by atoms with Crippen LogP contribution in [-0.2, 0) is 21.2 Å². The van der Waals surface area contributed by atoms with Crippen LogP contribution in [0.4, 0.5) is 0 Å². The van der Waals surface area contributed by atoms with Crippen LogP contribution in [0.15, 0.2) is 29.2 Å². The molecule has 7 heteroatoms. The molecule has 0 unspecified atom stereocenters. The zero-order valence-electron chi connectivity index (χ0n) is 11.7. The number of sulfonamides is 1. The lowest BCUT2D eigenvalue weighted by atomic mass is 10.2. The van der Waals surface area contributed by atoms with Crippen molar-refractivity contribution in [3.63, 3.8) is 0 Å². The predicted octanol–water partition coefficient (Wildman–Crippen LogP) is 0.544. The van der Waals surface area contributed by atoms with E-state index in [0.29, 0.717) is 18.7 Å². The molecule has 0 heterocycles. The summed E-state index contributed by atoms with van der Waals surface area (Å²) in [6, 6.07) is 5.87. The van der Waals surface area contributed by atoms with E-state index >= 15 is 0 Å². The second kappa shape index (κ2) is 7.37. The predicted molar refractivity (Wildman–Crippen MR) is 76.1 cm³/mol. The molecule has 0 aliphatic rings. The van der Waals surface area contributed by atoms with Gasteiger partial charge in [0.05, 0.1) is 11.3 Å². The number of carboxylic acid groups (broad SMARTS) is 1. The molecule has 0 radical (unpaired) electrons. The lowest BCUT2D eigenvalue weighted by Crippen LogP contribution is -2.32. The van der Waals surface area contributed by atoms with Crippen LogP contribution in [0.5, 0.6) is 0 Å². The average Bonchev–Trinajstić information content (AvgIpc) is 2.38. The number of carbonyl (C=O) groups is 1. The summed E-state index contributed by atoms with van der Waals surface area (Å²) in [7, 11) is -1.62. The molecule has 112 valence electrons. The van der Waals surface area contributed by atoms with Gasteiger partial charge in [-0.3, -0.25) is 4.79 Å². The molecule has 1 aromatic rings. The van der Waals surface area contributed by atoms with Gasteiger partial charge >= 0.3 is 5.97 Å². The van der Waals surface area contributed by atoms with E-state index in [1.807, 2.05) is 18.9 Å². The number of nitrogens with zero attached hydrogens (tertiary/aromatic N) is 1. The van der Waals surface area contributed by atoms with Crippen LogP contribution in [0.1, 0.15) is 12.5 Å². The quantitative estimate of drug-likeness (QED) is 0.732. The summed E-state index contributed by atoms with van der Waals surface area (Å²) < 4.78 is 26.5. The Balaban J connectivity index is 2.65. The molecule has 0 fully saturated rings. The fraction of sp³-hybridized carbons (Fsp3) is 0.462. The van der Waals surface area contributed by atoms with Gasteiger partial charge in [-0.25, -0.2) is 13.1 Å². The number of hydrogen-bond acceptors (Lipinski definition) is 4. The molecule has 0 aliphatic heterocycles. The summed E-state index contributed by atoms with van der Waals surface area (Å²) in [5.74, 6) is -0.943. The molecule has 0 aromatic heterocycles. The van der Waals surface area contributed by atoms with Gasteiger partial charge in [-0.2, -0.15) is 0 Å². The molecular formula is C13H20N2O4S. The van der Waals surface area contributed by atoms with Gasteiger partial charge in [0, 0.05) is 13.1 Å². The van der Waals surface area contributed by atoms with Gasteiger partial charge in [0.25, 0.3) is 0 Å². The third-order valence-corrected chi connectivity index (χ3v) is 4.39. The molecule has 0 atom stereocenters. The zero-order valence-corrected chi connectivity index (χ0v) is 12.5. The van der Waals surface area contributed by atoms with E-state index in [0.717, 1.165) is 6.54 Å². The van der Waals surface area contributed by atoms with Crippen molar-refractivity contribution < 1.29 is 18.3 Å². The highest BCUT2D eigenvalue weighted by molar-refractivity contribution is 7.89. The summed E-state index contributed by atoms with van der Waals surface area (Å²) in [6.07, 6.45) is -0.116. The third kappa shape index (κ3) is 5.28. The van der Waals surface area contributed by atoms with Crippen LogP contribution in [0.3, 0.4) is 0 Å². The molecule has 6 nitrogen and oxygen atoms in total. The first-order valence-electron chi connectivity index (χ1n) is 6.34. The highest BCUT2D eigenvalue weighted by Gasteiger charge is 2.13. The van der Waals surface area contributed by atoms with Crippen LogP contribution in [0.25, 0.3) is 0 Å². The van der Waals surface area contributed by atoms with Crippen molar-refractivity contribution in [2.24, 2.45) is 0 Å². The Labute approximate surface area is 119 Å². The highest BCUT2D eigenvalue weighted by atomic mass is 32.2. The smallest absolute Gasteiger partial charge is 0.307 e. The SMILES string of the molecule is CCN(C)CCNS(=O)(=O)c1ccc(CC(=O)O)cc1. The minimum Gasteiger partial charge on any atom is -0.481 e. The first kappa shape index (κ1) is 16.6. The number of rotatable bonds is 8. The Kier molecular flexibility index (Phi) is 6.12. The standard InChI is InChI=1S/C13H20N2O4S/c1-3-15(2)9-8-14-20(18,19)12-6-4-11(5-7-12)10-13(16)17/h4-7,14H,3,8-10H2,1-2H3,(H,16,17). The summed E-state index contributed by atoms with van der Waals surface area (Å²) in [5.41, 5.74) is 0.571. The van der Waals surface area contributed by atoms with Gasteiger partial charge in [-0.1, -0.05) is 19.1 Å². The lowest BCUT2D eigenvalue weighted by molar-refractivity contribution is -0.136. The van der Waals surface area contributed by atoms with Crippen LogP contribution in [0.2, 0.25) is 0 Å². The Morgan fingerprint density at radius 1 is 1.30 bits per heavy atom. The average molecular weight is 300 g/mol. The number of nitrogens with one attached hydrogen (secondary N) is 1. The minimum absolute atomic E-state index is 0.116. The van der Waals surface area contributed by atoms with E-state index in [9.17, 15) is 13.2 Å². The largest absolute Gasteiger partial charge is 0.481 e. The third-order valence-electron chi connectivity index (χ3n) is 2.91. The Hall–Kier alpha value is -1.44. The second-order valence-electron chi connectivity index (χ2n) is 4.51. The van der Waals surface area contributed by atoms with E-state index in [1.54, 1.807) is 0 Å². The molecule has 2 N–H and O–H groups in total. The molecule has 0 bridgehead atoms. The Morgan fingerprint density at radius 3 is 2.40 bits per heavy atom. The molecule has 0 amide bonds. The van der Waals surface area contributed by atoms with Gasteiger partial charge in [-0.05, 0) is 31.3 Å². The summed E-state index contributed by atoms with van der Waals surface area (Å²) >= 11 is 0. The first-order chi connectivity index (χ1) is 9.35. The van der Waals surface area contributed by atoms with Crippen LogP contribution in [-0.4, -0.2) is 51.1 Å². The fourth-order valence-electron chi connectivity index (χ4n) is 1.57. The maximum Gasteiger partial charge on any atom is 0.307 e.